The van der Waals surface area contributed by atoms with E-state index >= 15 is 0 Å². The molecule has 0 fully saturated rings. The number of sulfonamides is 1. The van der Waals surface area contributed by atoms with Crippen LogP contribution in [0, 0.1) is 5.82 Å². The zero-order chi connectivity index (χ0) is 15.6. The third-order valence-corrected chi connectivity index (χ3v) is 5.48. The molecule has 0 atom stereocenters. The predicted molar refractivity (Wildman–Crippen MR) is 83.1 cm³/mol. The SMILES string of the molecule is CCN(c1ccc(F)cc1)S(=O)(=O)c1cc(Cl)ccc1Cl. The van der Waals surface area contributed by atoms with Gasteiger partial charge in [-0.2, -0.15) is 0 Å². The molecule has 0 unspecified atom stereocenters. The fraction of sp³-hybridized carbons (Fsp3) is 0.143. The molecular formula is C14H12Cl2FNO2S. The number of rotatable bonds is 4. The van der Waals surface area contributed by atoms with Crippen molar-refractivity contribution < 1.29 is 12.8 Å². The van der Waals surface area contributed by atoms with Gasteiger partial charge in [-0.25, -0.2) is 12.8 Å². The van der Waals surface area contributed by atoms with Crippen LogP contribution in [0.25, 0.3) is 0 Å². The summed E-state index contributed by atoms with van der Waals surface area (Å²) in [4.78, 5) is -0.0807. The van der Waals surface area contributed by atoms with Gasteiger partial charge in [0.1, 0.15) is 10.7 Å². The van der Waals surface area contributed by atoms with Gasteiger partial charge in [-0.05, 0) is 49.4 Å². The first-order chi connectivity index (χ1) is 9.86. The van der Waals surface area contributed by atoms with Crippen molar-refractivity contribution in [1.82, 2.24) is 0 Å². The van der Waals surface area contributed by atoms with Crippen molar-refractivity contribution >= 4 is 38.9 Å². The summed E-state index contributed by atoms with van der Waals surface area (Å²) in [5.74, 6) is -0.437. The van der Waals surface area contributed by atoms with Gasteiger partial charge >= 0.3 is 0 Å². The average Bonchev–Trinajstić information content (AvgIpc) is 2.44. The molecule has 21 heavy (non-hydrogen) atoms. The fourth-order valence-electron chi connectivity index (χ4n) is 1.89. The van der Waals surface area contributed by atoms with E-state index in [1.807, 2.05) is 0 Å². The van der Waals surface area contributed by atoms with Crippen molar-refractivity contribution in [3.05, 3.63) is 58.3 Å². The van der Waals surface area contributed by atoms with Crippen molar-refractivity contribution in [2.75, 3.05) is 10.8 Å². The standard InChI is InChI=1S/C14H12Cl2FNO2S/c1-2-18(12-6-4-11(17)5-7-12)21(19,20)14-9-10(15)3-8-13(14)16/h3-9H,2H2,1H3. The molecule has 112 valence electrons. The Balaban J connectivity index is 2.54. The van der Waals surface area contributed by atoms with Crippen molar-refractivity contribution in [2.24, 2.45) is 0 Å². The Morgan fingerprint density at radius 1 is 1.10 bits per heavy atom. The Kier molecular flexibility index (Phi) is 4.76. The van der Waals surface area contributed by atoms with Crippen LogP contribution in [0.3, 0.4) is 0 Å². The van der Waals surface area contributed by atoms with Gasteiger partial charge in [0.2, 0.25) is 0 Å². The van der Waals surface area contributed by atoms with Crippen molar-refractivity contribution in [1.29, 1.82) is 0 Å². The first-order valence-electron chi connectivity index (χ1n) is 6.09. The second-order valence-corrected chi connectivity index (χ2v) is 6.90. The topological polar surface area (TPSA) is 37.4 Å². The Morgan fingerprint density at radius 2 is 1.71 bits per heavy atom. The molecule has 0 aliphatic heterocycles. The van der Waals surface area contributed by atoms with Crippen LogP contribution in [0.1, 0.15) is 6.92 Å². The summed E-state index contributed by atoms with van der Waals surface area (Å²) in [7, 11) is -3.88. The van der Waals surface area contributed by atoms with E-state index in [1.165, 1.54) is 42.5 Å². The number of halogens is 3. The van der Waals surface area contributed by atoms with Gasteiger partial charge < -0.3 is 0 Å². The molecule has 2 aromatic carbocycles. The molecule has 0 saturated heterocycles. The molecular weight excluding hydrogens is 336 g/mol. The lowest BCUT2D eigenvalue weighted by Crippen LogP contribution is -2.31. The zero-order valence-corrected chi connectivity index (χ0v) is 13.4. The summed E-state index contributed by atoms with van der Waals surface area (Å²) in [6.45, 7) is 1.86. The fourth-order valence-corrected chi connectivity index (χ4v) is 4.11. The Morgan fingerprint density at radius 3 is 2.29 bits per heavy atom. The highest BCUT2D eigenvalue weighted by Gasteiger charge is 2.26. The molecule has 0 bridgehead atoms. The van der Waals surface area contributed by atoms with Crippen molar-refractivity contribution in [3.8, 4) is 0 Å². The summed E-state index contributed by atoms with van der Waals surface area (Å²) >= 11 is 11.8. The first-order valence-corrected chi connectivity index (χ1v) is 8.29. The molecule has 0 amide bonds. The van der Waals surface area contributed by atoms with Gasteiger partial charge in [-0.3, -0.25) is 4.31 Å². The second-order valence-electron chi connectivity index (χ2n) is 4.22. The van der Waals surface area contributed by atoms with Crippen molar-refractivity contribution in [3.63, 3.8) is 0 Å². The number of anilines is 1. The van der Waals surface area contributed by atoms with Gasteiger partial charge in [0.05, 0.1) is 10.7 Å². The van der Waals surface area contributed by atoms with Crippen LogP contribution in [0.4, 0.5) is 10.1 Å². The molecule has 0 N–H and O–H groups in total. The molecule has 7 heteroatoms. The lowest BCUT2D eigenvalue weighted by molar-refractivity contribution is 0.591. The summed E-state index contributed by atoms with van der Waals surface area (Å²) in [6.07, 6.45) is 0. The third kappa shape index (κ3) is 3.31. The minimum Gasteiger partial charge on any atom is -0.267 e. The van der Waals surface area contributed by atoms with E-state index in [9.17, 15) is 12.8 Å². The molecule has 0 aliphatic rings. The largest absolute Gasteiger partial charge is 0.267 e. The molecule has 2 rings (SSSR count). The monoisotopic (exact) mass is 347 g/mol. The van der Waals surface area contributed by atoms with E-state index in [-0.39, 0.29) is 21.5 Å². The molecule has 0 radical (unpaired) electrons. The minimum atomic E-state index is -3.88. The van der Waals surface area contributed by atoms with Crippen LogP contribution in [0.15, 0.2) is 47.4 Å². The van der Waals surface area contributed by atoms with E-state index in [0.29, 0.717) is 5.69 Å². The molecule has 0 aromatic heterocycles. The summed E-state index contributed by atoms with van der Waals surface area (Å²) < 4.78 is 39.5. The minimum absolute atomic E-state index is 0.0807. The maximum absolute atomic E-state index is 13.0. The van der Waals surface area contributed by atoms with E-state index in [0.717, 1.165) is 4.31 Å². The average molecular weight is 348 g/mol. The van der Waals surface area contributed by atoms with Crippen LogP contribution in [0.2, 0.25) is 10.0 Å². The molecule has 0 saturated carbocycles. The van der Waals surface area contributed by atoms with Crippen LogP contribution in [-0.4, -0.2) is 15.0 Å². The maximum atomic E-state index is 13.0. The molecule has 3 nitrogen and oxygen atoms in total. The van der Waals surface area contributed by atoms with Gasteiger partial charge in [-0.15, -0.1) is 0 Å². The smallest absolute Gasteiger partial charge is 0.265 e. The maximum Gasteiger partial charge on any atom is 0.265 e. The van der Waals surface area contributed by atoms with E-state index in [1.54, 1.807) is 6.92 Å². The van der Waals surface area contributed by atoms with Gasteiger partial charge in [0.25, 0.3) is 10.0 Å². The quantitative estimate of drug-likeness (QED) is 0.824. The van der Waals surface area contributed by atoms with Gasteiger partial charge in [-0.1, -0.05) is 23.2 Å². The Labute approximate surface area is 133 Å². The third-order valence-electron chi connectivity index (χ3n) is 2.86. The number of hydrogen-bond acceptors (Lipinski definition) is 2. The summed E-state index contributed by atoms with van der Waals surface area (Å²) in [5.41, 5.74) is 0.356. The Bertz CT molecular complexity index is 748. The van der Waals surface area contributed by atoms with Crippen LogP contribution >= 0.6 is 23.2 Å². The number of nitrogens with zero attached hydrogens (tertiary/aromatic N) is 1. The number of hydrogen-bond donors (Lipinski definition) is 0. The normalized spacial score (nSPS) is 11.4. The van der Waals surface area contributed by atoms with E-state index in [4.69, 9.17) is 23.2 Å². The van der Waals surface area contributed by atoms with E-state index in [2.05, 4.69) is 0 Å². The van der Waals surface area contributed by atoms with Gasteiger partial charge in [0, 0.05) is 11.6 Å². The van der Waals surface area contributed by atoms with Crippen molar-refractivity contribution in [2.45, 2.75) is 11.8 Å². The van der Waals surface area contributed by atoms with Crippen LogP contribution in [0.5, 0.6) is 0 Å². The zero-order valence-electron chi connectivity index (χ0n) is 11.1. The lowest BCUT2D eigenvalue weighted by Gasteiger charge is -2.23. The highest BCUT2D eigenvalue weighted by Crippen LogP contribution is 2.30. The second kappa shape index (κ2) is 6.22. The highest BCUT2D eigenvalue weighted by molar-refractivity contribution is 7.93. The Hall–Kier alpha value is -1.30. The lowest BCUT2D eigenvalue weighted by atomic mass is 10.3. The summed E-state index contributed by atoms with van der Waals surface area (Å²) in [6, 6.07) is 9.43. The molecule has 0 spiro atoms. The predicted octanol–water partition coefficient (Wildman–Crippen LogP) is 4.35. The van der Waals surface area contributed by atoms with E-state index < -0.39 is 15.8 Å². The highest BCUT2D eigenvalue weighted by atomic mass is 35.5. The first kappa shape index (κ1) is 16.1. The van der Waals surface area contributed by atoms with Gasteiger partial charge in [0.15, 0.2) is 0 Å². The molecule has 0 heterocycles. The van der Waals surface area contributed by atoms with Crippen LogP contribution in [-0.2, 0) is 10.0 Å². The number of benzene rings is 2. The summed E-state index contributed by atoms with van der Waals surface area (Å²) in [5, 5.41) is 0.355. The molecule has 0 aliphatic carbocycles. The molecule has 2 aromatic rings. The van der Waals surface area contributed by atoms with Crippen LogP contribution < -0.4 is 4.31 Å².